The maximum absolute atomic E-state index is 12.3. The Morgan fingerprint density at radius 2 is 1.86 bits per heavy atom. The lowest BCUT2D eigenvalue weighted by Gasteiger charge is -2.28. The minimum absolute atomic E-state index is 0.0483. The number of carbonyl (C=O) groups excluding carboxylic acids is 2. The lowest BCUT2D eigenvalue weighted by atomic mass is 10.1. The molecule has 0 aliphatic carbocycles. The summed E-state index contributed by atoms with van der Waals surface area (Å²) in [6, 6.07) is 9.61. The van der Waals surface area contributed by atoms with Crippen LogP contribution in [0.15, 0.2) is 30.3 Å². The van der Waals surface area contributed by atoms with E-state index in [1.54, 1.807) is 11.8 Å². The third-order valence-corrected chi connectivity index (χ3v) is 3.47. The molecule has 0 aliphatic heterocycles. The summed E-state index contributed by atoms with van der Waals surface area (Å²) in [5.41, 5.74) is 1.18. The quantitative estimate of drug-likeness (QED) is 0.799. The van der Waals surface area contributed by atoms with Crippen LogP contribution in [0.25, 0.3) is 0 Å². The molecule has 0 saturated heterocycles. The van der Waals surface area contributed by atoms with E-state index in [1.165, 1.54) is 5.56 Å². The van der Waals surface area contributed by atoms with E-state index in [1.807, 2.05) is 44.2 Å². The molecule has 1 atom stereocenters. The van der Waals surface area contributed by atoms with Crippen molar-refractivity contribution in [2.45, 2.75) is 46.1 Å². The lowest BCUT2D eigenvalue weighted by molar-refractivity contribution is -0.139. The second kappa shape index (κ2) is 9.16. The Kier molecular flexibility index (Phi) is 7.51. The van der Waals surface area contributed by atoms with E-state index in [0.717, 1.165) is 12.8 Å². The first-order valence-electron chi connectivity index (χ1n) is 7.71. The Labute approximate surface area is 127 Å². The van der Waals surface area contributed by atoms with Crippen molar-refractivity contribution in [1.82, 2.24) is 10.2 Å². The molecule has 1 aromatic carbocycles. The second-order valence-corrected chi connectivity index (χ2v) is 5.14. The summed E-state index contributed by atoms with van der Waals surface area (Å²) >= 11 is 0. The zero-order valence-electron chi connectivity index (χ0n) is 13.3. The Balaban J connectivity index is 2.72. The number of likely N-dealkylation sites (N-methyl/N-ethyl adjacent to an activating group) is 1. The summed E-state index contributed by atoms with van der Waals surface area (Å²) in [6.45, 7) is 6.80. The molecular weight excluding hydrogens is 264 g/mol. The molecule has 4 nitrogen and oxygen atoms in total. The fourth-order valence-corrected chi connectivity index (χ4v) is 2.25. The van der Waals surface area contributed by atoms with Crippen LogP contribution in [-0.2, 0) is 16.0 Å². The average molecular weight is 290 g/mol. The molecule has 4 heteroatoms. The van der Waals surface area contributed by atoms with E-state index in [4.69, 9.17) is 0 Å². The average Bonchev–Trinajstić information content (AvgIpc) is 2.49. The number of nitrogens with one attached hydrogen (secondary N) is 1. The summed E-state index contributed by atoms with van der Waals surface area (Å²) in [5, 5.41) is 2.79. The molecular formula is C17H26N2O2. The standard InChI is InChI=1S/C17H26N2O2/c1-4-9-16(20)19(14(3)17(21)18-5-2)13-12-15-10-7-6-8-11-15/h6-8,10-11,14H,4-5,9,12-13H2,1-3H3,(H,18,21). The number of nitrogens with zero attached hydrogens (tertiary/aromatic N) is 1. The van der Waals surface area contributed by atoms with Gasteiger partial charge in [-0.05, 0) is 32.3 Å². The monoisotopic (exact) mass is 290 g/mol. The maximum atomic E-state index is 12.3. The van der Waals surface area contributed by atoms with Gasteiger partial charge in [-0.2, -0.15) is 0 Å². The largest absolute Gasteiger partial charge is 0.355 e. The van der Waals surface area contributed by atoms with Gasteiger partial charge in [0, 0.05) is 19.5 Å². The Morgan fingerprint density at radius 3 is 2.43 bits per heavy atom. The predicted octanol–water partition coefficient (Wildman–Crippen LogP) is 2.38. The molecule has 1 unspecified atom stereocenters. The van der Waals surface area contributed by atoms with Crippen LogP contribution in [-0.4, -0.2) is 35.8 Å². The highest BCUT2D eigenvalue weighted by molar-refractivity contribution is 5.87. The number of hydrogen-bond donors (Lipinski definition) is 1. The summed E-state index contributed by atoms with van der Waals surface area (Å²) < 4.78 is 0. The minimum Gasteiger partial charge on any atom is -0.355 e. The van der Waals surface area contributed by atoms with E-state index in [0.29, 0.717) is 19.5 Å². The van der Waals surface area contributed by atoms with E-state index in [9.17, 15) is 9.59 Å². The summed E-state index contributed by atoms with van der Waals surface area (Å²) in [6.07, 6.45) is 2.04. The van der Waals surface area contributed by atoms with E-state index in [2.05, 4.69) is 5.32 Å². The van der Waals surface area contributed by atoms with Crippen LogP contribution in [0.3, 0.4) is 0 Å². The van der Waals surface area contributed by atoms with Crippen molar-refractivity contribution in [1.29, 1.82) is 0 Å². The van der Waals surface area contributed by atoms with Crippen molar-refractivity contribution >= 4 is 11.8 Å². The summed E-state index contributed by atoms with van der Waals surface area (Å²) in [5.74, 6) is -0.0396. The maximum Gasteiger partial charge on any atom is 0.242 e. The van der Waals surface area contributed by atoms with Gasteiger partial charge in [-0.25, -0.2) is 0 Å². The molecule has 1 N–H and O–H groups in total. The SMILES string of the molecule is CCCC(=O)N(CCc1ccccc1)C(C)C(=O)NCC. The van der Waals surface area contributed by atoms with Crippen LogP contribution in [0.2, 0.25) is 0 Å². The van der Waals surface area contributed by atoms with Crippen LogP contribution < -0.4 is 5.32 Å². The van der Waals surface area contributed by atoms with E-state index >= 15 is 0 Å². The lowest BCUT2D eigenvalue weighted by Crippen LogP contribution is -2.48. The van der Waals surface area contributed by atoms with E-state index in [-0.39, 0.29) is 11.8 Å². The molecule has 0 aromatic heterocycles. The van der Waals surface area contributed by atoms with Crippen LogP contribution in [0.4, 0.5) is 0 Å². The Hall–Kier alpha value is -1.84. The van der Waals surface area contributed by atoms with Crippen molar-refractivity contribution in [2.75, 3.05) is 13.1 Å². The first-order valence-corrected chi connectivity index (χ1v) is 7.71. The number of rotatable bonds is 8. The molecule has 0 bridgehead atoms. The molecule has 0 radical (unpaired) electrons. The molecule has 0 saturated carbocycles. The minimum atomic E-state index is -0.423. The van der Waals surface area contributed by atoms with E-state index < -0.39 is 6.04 Å². The molecule has 21 heavy (non-hydrogen) atoms. The van der Waals surface area contributed by atoms with Gasteiger partial charge in [-0.3, -0.25) is 9.59 Å². The van der Waals surface area contributed by atoms with Crippen molar-refractivity contribution < 1.29 is 9.59 Å². The highest BCUT2D eigenvalue weighted by Gasteiger charge is 2.24. The van der Waals surface area contributed by atoms with Gasteiger partial charge in [0.1, 0.15) is 6.04 Å². The highest BCUT2D eigenvalue weighted by atomic mass is 16.2. The molecule has 1 aromatic rings. The summed E-state index contributed by atoms with van der Waals surface area (Å²) in [7, 11) is 0. The molecule has 0 aliphatic rings. The van der Waals surface area contributed by atoms with Gasteiger partial charge in [0.2, 0.25) is 11.8 Å². The third-order valence-electron chi connectivity index (χ3n) is 3.47. The van der Waals surface area contributed by atoms with Gasteiger partial charge in [-0.1, -0.05) is 37.3 Å². The number of benzene rings is 1. The smallest absolute Gasteiger partial charge is 0.242 e. The molecule has 2 amide bonds. The number of carbonyl (C=O) groups is 2. The first kappa shape index (κ1) is 17.2. The second-order valence-electron chi connectivity index (χ2n) is 5.14. The van der Waals surface area contributed by atoms with Crippen molar-refractivity contribution in [3.8, 4) is 0 Å². The topological polar surface area (TPSA) is 49.4 Å². The van der Waals surface area contributed by atoms with Crippen LogP contribution >= 0.6 is 0 Å². The molecule has 0 fully saturated rings. The van der Waals surface area contributed by atoms with Crippen molar-refractivity contribution in [3.05, 3.63) is 35.9 Å². The first-order chi connectivity index (χ1) is 10.1. The fraction of sp³-hybridized carbons (Fsp3) is 0.529. The normalized spacial score (nSPS) is 11.8. The van der Waals surface area contributed by atoms with Gasteiger partial charge in [-0.15, -0.1) is 0 Å². The fourth-order valence-electron chi connectivity index (χ4n) is 2.25. The Morgan fingerprint density at radius 1 is 1.19 bits per heavy atom. The van der Waals surface area contributed by atoms with Crippen molar-refractivity contribution in [3.63, 3.8) is 0 Å². The number of amides is 2. The highest BCUT2D eigenvalue weighted by Crippen LogP contribution is 2.08. The molecule has 116 valence electrons. The predicted molar refractivity (Wildman–Crippen MR) is 84.9 cm³/mol. The van der Waals surface area contributed by atoms with Gasteiger partial charge in [0.15, 0.2) is 0 Å². The van der Waals surface area contributed by atoms with Crippen molar-refractivity contribution in [2.24, 2.45) is 0 Å². The van der Waals surface area contributed by atoms with Gasteiger partial charge >= 0.3 is 0 Å². The molecule has 0 heterocycles. The third kappa shape index (κ3) is 5.58. The number of hydrogen-bond acceptors (Lipinski definition) is 2. The Bertz CT molecular complexity index is 445. The van der Waals surface area contributed by atoms with Crippen LogP contribution in [0, 0.1) is 0 Å². The zero-order valence-corrected chi connectivity index (χ0v) is 13.3. The van der Waals surface area contributed by atoms with Crippen LogP contribution in [0.5, 0.6) is 0 Å². The molecule has 1 rings (SSSR count). The summed E-state index contributed by atoms with van der Waals surface area (Å²) in [4.78, 5) is 26.0. The van der Waals surface area contributed by atoms with Crippen LogP contribution in [0.1, 0.15) is 39.2 Å². The van der Waals surface area contributed by atoms with Gasteiger partial charge in [0.25, 0.3) is 0 Å². The zero-order chi connectivity index (χ0) is 15.7. The molecule has 0 spiro atoms. The van der Waals surface area contributed by atoms with Gasteiger partial charge < -0.3 is 10.2 Å². The van der Waals surface area contributed by atoms with Gasteiger partial charge in [0.05, 0.1) is 0 Å².